The largest absolute Gasteiger partial charge is 0.385 e. The molecular weight excluding hydrogens is 287 g/mol. The van der Waals surface area contributed by atoms with Crippen molar-refractivity contribution in [2.75, 3.05) is 18.4 Å². The molecule has 0 spiro atoms. The highest BCUT2D eigenvalue weighted by atomic mass is 127. The van der Waals surface area contributed by atoms with E-state index in [1.165, 1.54) is 20.4 Å². The topological polar surface area (TPSA) is 24.1 Å². The molecule has 0 saturated carbocycles. The third-order valence-corrected chi connectivity index (χ3v) is 3.17. The monoisotopic (exact) mass is 302 g/mol. The van der Waals surface area contributed by atoms with Crippen LogP contribution in [-0.2, 0) is 13.0 Å². The van der Waals surface area contributed by atoms with Gasteiger partial charge in [-0.25, -0.2) is 0 Å². The van der Waals surface area contributed by atoms with Gasteiger partial charge in [0.15, 0.2) is 0 Å². The number of halogens is 1. The molecule has 0 aromatic heterocycles. The van der Waals surface area contributed by atoms with Crippen LogP contribution in [0, 0.1) is 3.57 Å². The van der Waals surface area contributed by atoms with E-state index in [1.54, 1.807) is 0 Å². The van der Waals surface area contributed by atoms with Crippen LogP contribution in [-0.4, -0.2) is 13.1 Å². The van der Waals surface area contributed by atoms with Gasteiger partial charge in [0.25, 0.3) is 0 Å². The molecule has 3 heteroatoms. The molecule has 0 amide bonds. The molecule has 0 fully saturated rings. The van der Waals surface area contributed by atoms with Crippen LogP contribution in [0.4, 0.5) is 5.69 Å². The van der Waals surface area contributed by atoms with E-state index in [1.807, 2.05) is 0 Å². The van der Waals surface area contributed by atoms with Crippen LogP contribution < -0.4 is 10.6 Å². The summed E-state index contributed by atoms with van der Waals surface area (Å²) in [6.07, 6.45) is 1.16. The molecule has 0 radical (unpaired) electrons. The number of hydrogen-bond acceptors (Lipinski definition) is 2. The first kappa shape index (κ1) is 10.2. The van der Waals surface area contributed by atoms with Crippen LogP contribution >= 0.6 is 22.6 Å². The molecule has 1 heterocycles. The summed E-state index contributed by atoms with van der Waals surface area (Å²) in [6.45, 7) is 5.25. The number of anilines is 1. The Morgan fingerprint density at radius 1 is 1.50 bits per heavy atom. The van der Waals surface area contributed by atoms with E-state index < -0.39 is 0 Å². The summed E-state index contributed by atoms with van der Waals surface area (Å²) in [5.41, 5.74) is 4.27. The Morgan fingerprint density at radius 2 is 2.36 bits per heavy atom. The predicted molar refractivity (Wildman–Crippen MR) is 68.7 cm³/mol. The summed E-state index contributed by atoms with van der Waals surface area (Å²) in [5.74, 6) is 0. The van der Waals surface area contributed by atoms with Crippen molar-refractivity contribution in [3.63, 3.8) is 0 Å². The molecule has 1 aliphatic heterocycles. The van der Waals surface area contributed by atoms with E-state index in [-0.39, 0.29) is 0 Å². The standard InChI is InChI=1S/C11H15IN2/c1-2-14-11-6-9(12)5-8-3-4-13-7-10(8)11/h5-6,13-14H,2-4,7H2,1H3. The van der Waals surface area contributed by atoms with Crippen molar-refractivity contribution in [1.29, 1.82) is 0 Å². The van der Waals surface area contributed by atoms with Crippen LogP contribution in [0.15, 0.2) is 12.1 Å². The lowest BCUT2D eigenvalue weighted by Gasteiger charge is -2.21. The molecule has 0 bridgehead atoms. The lowest BCUT2D eigenvalue weighted by atomic mass is 9.99. The van der Waals surface area contributed by atoms with E-state index in [2.05, 4.69) is 52.3 Å². The lowest BCUT2D eigenvalue weighted by Crippen LogP contribution is -2.24. The van der Waals surface area contributed by atoms with Crippen LogP contribution in [0.5, 0.6) is 0 Å². The Kier molecular flexibility index (Phi) is 3.28. The molecular formula is C11H15IN2. The molecule has 2 rings (SSSR count). The van der Waals surface area contributed by atoms with Gasteiger partial charge in [0.05, 0.1) is 0 Å². The quantitative estimate of drug-likeness (QED) is 0.820. The lowest BCUT2D eigenvalue weighted by molar-refractivity contribution is 0.644. The fourth-order valence-corrected chi connectivity index (χ4v) is 2.60. The predicted octanol–water partition coefficient (Wildman–Crippen LogP) is 2.37. The average molecular weight is 302 g/mol. The van der Waals surface area contributed by atoms with Crippen LogP contribution in [0.1, 0.15) is 18.1 Å². The summed E-state index contributed by atoms with van der Waals surface area (Å²) >= 11 is 2.39. The minimum atomic E-state index is 0.993. The first-order valence-electron chi connectivity index (χ1n) is 5.07. The summed E-state index contributed by atoms with van der Waals surface area (Å²) in [6, 6.07) is 4.54. The molecule has 0 aliphatic carbocycles. The molecule has 1 aromatic rings. The highest BCUT2D eigenvalue weighted by Gasteiger charge is 2.13. The fourth-order valence-electron chi connectivity index (χ4n) is 1.91. The molecule has 2 N–H and O–H groups in total. The molecule has 1 aromatic carbocycles. The number of hydrogen-bond donors (Lipinski definition) is 2. The zero-order chi connectivity index (χ0) is 9.97. The molecule has 0 saturated heterocycles. The van der Waals surface area contributed by atoms with E-state index >= 15 is 0 Å². The van der Waals surface area contributed by atoms with Gasteiger partial charge in [-0.3, -0.25) is 0 Å². The van der Waals surface area contributed by atoms with Gasteiger partial charge < -0.3 is 10.6 Å². The molecule has 0 unspecified atom stereocenters. The summed E-state index contributed by atoms with van der Waals surface area (Å²) < 4.78 is 1.33. The maximum absolute atomic E-state index is 3.43. The molecule has 0 atom stereocenters. The SMILES string of the molecule is CCNc1cc(I)cc2c1CNCC2. The van der Waals surface area contributed by atoms with Gasteiger partial charge in [0.1, 0.15) is 0 Å². The van der Waals surface area contributed by atoms with Crippen molar-refractivity contribution in [1.82, 2.24) is 5.32 Å². The zero-order valence-electron chi connectivity index (χ0n) is 8.36. The van der Waals surface area contributed by atoms with Gasteiger partial charge in [-0.15, -0.1) is 0 Å². The first-order valence-corrected chi connectivity index (χ1v) is 6.15. The van der Waals surface area contributed by atoms with Crippen molar-refractivity contribution >= 4 is 28.3 Å². The molecule has 1 aliphatic rings. The van der Waals surface area contributed by atoms with Gasteiger partial charge in [-0.2, -0.15) is 0 Å². The summed E-state index contributed by atoms with van der Waals surface area (Å²) in [7, 11) is 0. The Labute approximate surface area is 98.6 Å². The number of rotatable bonds is 2. The summed E-state index contributed by atoms with van der Waals surface area (Å²) in [4.78, 5) is 0. The number of benzene rings is 1. The Hall–Kier alpha value is -0.290. The highest BCUT2D eigenvalue weighted by molar-refractivity contribution is 14.1. The first-order chi connectivity index (χ1) is 6.81. The average Bonchev–Trinajstić information content (AvgIpc) is 2.18. The van der Waals surface area contributed by atoms with Gasteiger partial charge in [-0.1, -0.05) is 0 Å². The Balaban J connectivity index is 2.41. The van der Waals surface area contributed by atoms with Crippen molar-refractivity contribution in [2.45, 2.75) is 19.9 Å². The third kappa shape index (κ3) is 2.03. The van der Waals surface area contributed by atoms with Gasteiger partial charge in [-0.05, 0) is 65.7 Å². The fraction of sp³-hybridized carbons (Fsp3) is 0.455. The Bertz CT molecular complexity index is 336. The van der Waals surface area contributed by atoms with Crippen LogP contribution in [0.3, 0.4) is 0 Å². The minimum absolute atomic E-state index is 0.993. The number of nitrogens with one attached hydrogen (secondary N) is 2. The van der Waals surface area contributed by atoms with Gasteiger partial charge in [0, 0.05) is 22.3 Å². The van der Waals surface area contributed by atoms with E-state index in [4.69, 9.17) is 0 Å². The number of fused-ring (bicyclic) bond motifs is 1. The van der Waals surface area contributed by atoms with Crippen LogP contribution in [0.2, 0.25) is 0 Å². The van der Waals surface area contributed by atoms with Gasteiger partial charge in [0.2, 0.25) is 0 Å². The maximum atomic E-state index is 3.43. The second kappa shape index (κ2) is 4.49. The second-order valence-electron chi connectivity index (χ2n) is 3.55. The van der Waals surface area contributed by atoms with Crippen LogP contribution in [0.25, 0.3) is 0 Å². The molecule has 76 valence electrons. The maximum Gasteiger partial charge on any atom is 0.0399 e. The third-order valence-electron chi connectivity index (χ3n) is 2.55. The van der Waals surface area contributed by atoms with E-state index in [9.17, 15) is 0 Å². The smallest absolute Gasteiger partial charge is 0.0399 e. The Morgan fingerprint density at radius 3 is 3.14 bits per heavy atom. The summed E-state index contributed by atoms with van der Waals surface area (Å²) in [5, 5.41) is 6.85. The van der Waals surface area contributed by atoms with Gasteiger partial charge >= 0.3 is 0 Å². The van der Waals surface area contributed by atoms with Crippen molar-refractivity contribution in [3.8, 4) is 0 Å². The normalized spacial score (nSPS) is 15.0. The van der Waals surface area contributed by atoms with Crippen molar-refractivity contribution in [2.24, 2.45) is 0 Å². The highest BCUT2D eigenvalue weighted by Crippen LogP contribution is 2.25. The molecule has 14 heavy (non-hydrogen) atoms. The van der Waals surface area contributed by atoms with E-state index in [0.717, 1.165) is 26.1 Å². The van der Waals surface area contributed by atoms with Crippen molar-refractivity contribution in [3.05, 3.63) is 26.8 Å². The van der Waals surface area contributed by atoms with E-state index in [0.29, 0.717) is 0 Å². The minimum Gasteiger partial charge on any atom is -0.385 e. The molecule has 2 nitrogen and oxygen atoms in total. The van der Waals surface area contributed by atoms with Crippen molar-refractivity contribution < 1.29 is 0 Å². The zero-order valence-corrected chi connectivity index (χ0v) is 10.5. The second-order valence-corrected chi connectivity index (χ2v) is 4.79.